The number of benzene rings is 2. The molecule has 150 valence electrons. The standard InChI is InChI=1S/C25H33NO2/c1-2-3-4-5-6-13-20-28-24-19-18-23(27)26(24)25(21-14-9-7-10-15-21)22-16-11-8-12-17-22/h7-12,14-17,24-25H,2-6,13,18-20H2,1H3. The summed E-state index contributed by atoms with van der Waals surface area (Å²) in [5, 5.41) is 0. The predicted molar refractivity (Wildman–Crippen MR) is 114 cm³/mol. The highest BCUT2D eigenvalue weighted by molar-refractivity contribution is 5.79. The number of hydrogen-bond acceptors (Lipinski definition) is 2. The first-order chi connectivity index (χ1) is 13.8. The zero-order chi connectivity index (χ0) is 19.6. The summed E-state index contributed by atoms with van der Waals surface area (Å²) in [7, 11) is 0. The third-order valence-corrected chi connectivity index (χ3v) is 5.52. The van der Waals surface area contributed by atoms with Gasteiger partial charge in [0.2, 0.25) is 5.91 Å². The van der Waals surface area contributed by atoms with E-state index in [1.807, 2.05) is 41.3 Å². The summed E-state index contributed by atoms with van der Waals surface area (Å²) in [5.41, 5.74) is 2.27. The lowest BCUT2D eigenvalue weighted by atomic mass is 9.97. The number of carbonyl (C=O) groups is 1. The minimum Gasteiger partial charge on any atom is -0.358 e. The quantitative estimate of drug-likeness (QED) is 0.441. The van der Waals surface area contributed by atoms with E-state index in [2.05, 4.69) is 31.2 Å². The zero-order valence-electron chi connectivity index (χ0n) is 17.1. The van der Waals surface area contributed by atoms with Gasteiger partial charge in [0.25, 0.3) is 0 Å². The summed E-state index contributed by atoms with van der Waals surface area (Å²) in [5.74, 6) is 0.186. The maximum Gasteiger partial charge on any atom is 0.225 e. The van der Waals surface area contributed by atoms with Gasteiger partial charge in [-0.1, -0.05) is 99.7 Å². The molecule has 0 N–H and O–H groups in total. The first-order valence-electron chi connectivity index (χ1n) is 10.8. The number of hydrogen-bond donors (Lipinski definition) is 0. The summed E-state index contributed by atoms with van der Waals surface area (Å²) in [4.78, 5) is 14.8. The number of nitrogens with zero attached hydrogens (tertiary/aromatic N) is 1. The Balaban J connectivity index is 1.68. The molecule has 1 aliphatic heterocycles. The van der Waals surface area contributed by atoms with Crippen LogP contribution in [0.5, 0.6) is 0 Å². The first kappa shape index (κ1) is 20.6. The number of rotatable bonds is 11. The summed E-state index contributed by atoms with van der Waals surface area (Å²) >= 11 is 0. The van der Waals surface area contributed by atoms with Crippen LogP contribution >= 0.6 is 0 Å². The Bertz CT molecular complexity index is 662. The van der Waals surface area contributed by atoms with Gasteiger partial charge >= 0.3 is 0 Å². The highest BCUT2D eigenvalue weighted by Gasteiger charge is 2.38. The molecule has 3 heteroatoms. The van der Waals surface area contributed by atoms with Gasteiger partial charge in [-0.2, -0.15) is 0 Å². The molecule has 1 unspecified atom stereocenters. The largest absolute Gasteiger partial charge is 0.358 e. The molecule has 1 saturated heterocycles. The van der Waals surface area contributed by atoms with Crippen molar-refractivity contribution in [1.29, 1.82) is 0 Å². The van der Waals surface area contributed by atoms with Crippen LogP contribution in [-0.2, 0) is 9.53 Å². The van der Waals surface area contributed by atoms with E-state index in [9.17, 15) is 4.79 Å². The van der Waals surface area contributed by atoms with Gasteiger partial charge in [0.05, 0.1) is 6.04 Å². The van der Waals surface area contributed by atoms with Crippen LogP contribution in [0.15, 0.2) is 60.7 Å². The lowest BCUT2D eigenvalue weighted by Gasteiger charge is -2.34. The molecule has 0 aliphatic carbocycles. The van der Waals surface area contributed by atoms with E-state index in [4.69, 9.17) is 4.74 Å². The Morgan fingerprint density at radius 3 is 2.07 bits per heavy atom. The third kappa shape index (κ3) is 5.45. The number of likely N-dealkylation sites (tertiary alicyclic amines) is 1. The van der Waals surface area contributed by atoms with Gasteiger partial charge in [-0.15, -0.1) is 0 Å². The molecule has 0 radical (unpaired) electrons. The van der Waals surface area contributed by atoms with Crippen LogP contribution in [0.4, 0.5) is 0 Å². The molecule has 0 saturated carbocycles. The van der Waals surface area contributed by atoms with Gasteiger partial charge in [-0.05, 0) is 17.5 Å². The van der Waals surface area contributed by atoms with Crippen molar-refractivity contribution in [3.8, 4) is 0 Å². The van der Waals surface area contributed by atoms with E-state index in [0.717, 1.165) is 30.6 Å². The molecule has 2 aromatic carbocycles. The lowest BCUT2D eigenvalue weighted by molar-refractivity contribution is -0.139. The van der Waals surface area contributed by atoms with Crippen LogP contribution in [0.1, 0.15) is 75.5 Å². The maximum atomic E-state index is 12.8. The topological polar surface area (TPSA) is 29.5 Å². The number of amides is 1. The second kappa shape index (κ2) is 11.0. The Hall–Kier alpha value is -2.13. The van der Waals surface area contributed by atoms with Crippen molar-refractivity contribution in [1.82, 2.24) is 4.90 Å². The Morgan fingerprint density at radius 1 is 0.893 bits per heavy atom. The van der Waals surface area contributed by atoms with Crippen molar-refractivity contribution in [2.45, 2.75) is 70.6 Å². The highest BCUT2D eigenvalue weighted by atomic mass is 16.5. The molecule has 1 aliphatic rings. The van der Waals surface area contributed by atoms with Gasteiger partial charge in [-0.3, -0.25) is 4.79 Å². The van der Waals surface area contributed by atoms with E-state index in [0.29, 0.717) is 6.42 Å². The number of carbonyl (C=O) groups excluding carboxylic acids is 1. The van der Waals surface area contributed by atoms with Crippen LogP contribution in [0.25, 0.3) is 0 Å². The number of unbranched alkanes of at least 4 members (excludes halogenated alkanes) is 5. The summed E-state index contributed by atoms with van der Waals surface area (Å²) < 4.78 is 6.22. The molecular weight excluding hydrogens is 346 g/mol. The molecule has 0 aromatic heterocycles. The third-order valence-electron chi connectivity index (χ3n) is 5.52. The van der Waals surface area contributed by atoms with Crippen molar-refractivity contribution in [2.24, 2.45) is 0 Å². The van der Waals surface area contributed by atoms with E-state index < -0.39 is 0 Å². The molecule has 28 heavy (non-hydrogen) atoms. The molecule has 1 amide bonds. The molecule has 1 heterocycles. The highest BCUT2D eigenvalue weighted by Crippen LogP contribution is 2.35. The maximum absolute atomic E-state index is 12.8. The minimum absolute atomic E-state index is 0.0908. The van der Waals surface area contributed by atoms with Crippen LogP contribution in [0.3, 0.4) is 0 Å². The van der Waals surface area contributed by atoms with Crippen molar-refractivity contribution in [3.63, 3.8) is 0 Å². The van der Waals surface area contributed by atoms with E-state index in [-0.39, 0.29) is 18.2 Å². The van der Waals surface area contributed by atoms with E-state index in [1.165, 1.54) is 32.1 Å². The van der Waals surface area contributed by atoms with Gasteiger partial charge < -0.3 is 9.64 Å². The average Bonchev–Trinajstić information content (AvgIpc) is 3.09. The van der Waals surface area contributed by atoms with Crippen molar-refractivity contribution in [2.75, 3.05) is 6.61 Å². The fourth-order valence-corrected chi connectivity index (χ4v) is 4.04. The monoisotopic (exact) mass is 379 g/mol. The molecule has 1 atom stereocenters. The second-order valence-corrected chi connectivity index (χ2v) is 7.66. The average molecular weight is 380 g/mol. The Kier molecular flexibility index (Phi) is 8.10. The fraction of sp³-hybridized carbons (Fsp3) is 0.480. The zero-order valence-corrected chi connectivity index (χ0v) is 17.1. The summed E-state index contributed by atoms with van der Waals surface area (Å²) in [6.07, 6.45) is 8.69. The van der Waals surface area contributed by atoms with Gasteiger partial charge in [0.1, 0.15) is 6.23 Å². The number of ether oxygens (including phenoxy) is 1. The Labute approximate surface area is 169 Å². The first-order valence-corrected chi connectivity index (χ1v) is 10.8. The van der Waals surface area contributed by atoms with Crippen LogP contribution < -0.4 is 0 Å². The molecule has 2 aromatic rings. The molecular formula is C25H33NO2. The second-order valence-electron chi connectivity index (χ2n) is 7.66. The molecule has 0 spiro atoms. The predicted octanol–water partition coefficient (Wildman–Crippen LogP) is 6.10. The molecule has 3 rings (SSSR count). The lowest BCUT2D eigenvalue weighted by Crippen LogP contribution is -2.39. The normalized spacial score (nSPS) is 16.9. The van der Waals surface area contributed by atoms with Crippen molar-refractivity contribution < 1.29 is 9.53 Å². The summed E-state index contributed by atoms with van der Waals surface area (Å²) in [6.45, 7) is 2.97. The van der Waals surface area contributed by atoms with E-state index in [1.54, 1.807) is 0 Å². The van der Waals surface area contributed by atoms with E-state index >= 15 is 0 Å². The van der Waals surface area contributed by atoms with Crippen molar-refractivity contribution >= 4 is 5.91 Å². The van der Waals surface area contributed by atoms with Crippen LogP contribution in [0.2, 0.25) is 0 Å². The SMILES string of the molecule is CCCCCCCCOC1CCC(=O)N1C(c1ccccc1)c1ccccc1. The van der Waals surface area contributed by atoms with Crippen LogP contribution in [-0.4, -0.2) is 23.6 Å². The van der Waals surface area contributed by atoms with Gasteiger partial charge in [0.15, 0.2) is 0 Å². The minimum atomic E-state index is -0.131. The smallest absolute Gasteiger partial charge is 0.225 e. The van der Waals surface area contributed by atoms with Gasteiger partial charge in [-0.25, -0.2) is 0 Å². The van der Waals surface area contributed by atoms with Gasteiger partial charge in [0, 0.05) is 19.4 Å². The molecule has 1 fully saturated rings. The molecule has 0 bridgehead atoms. The molecule has 3 nitrogen and oxygen atoms in total. The van der Waals surface area contributed by atoms with Crippen LogP contribution in [0, 0.1) is 0 Å². The van der Waals surface area contributed by atoms with Crippen molar-refractivity contribution in [3.05, 3.63) is 71.8 Å². The Morgan fingerprint density at radius 2 is 1.46 bits per heavy atom. The summed E-state index contributed by atoms with van der Waals surface area (Å²) in [6, 6.07) is 20.5. The fourth-order valence-electron chi connectivity index (χ4n) is 4.04.